The molecule has 3 rings (SSSR count). The minimum Gasteiger partial charge on any atom is -0.392 e. The van der Waals surface area contributed by atoms with Crippen LogP contribution in [0.15, 0.2) is 61.2 Å². The first kappa shape index (κ1) is 23.2. The Morgan fingerprint density at radius 2 is 1.77 bits per heavy atom. The number of carbonyl (C=O) groups is 1. The van der Waals surface area contributed by atoms with E-state index in [2.05, 4.69) is 23.8 Å². The predicted octanol–water partition coefficient (Wildman–Crippen LogP) is 3.48. The van der Waals surface area contributed by atoms with Crippen molar-refractivity contribution in [2.45, 2.75) is 45.0 Å². The molecular formula is C25H32N2O4. The number of likely N-dealkylation sites (N-methyl/N-ethyl adjacent to an activating group) is 1. The van der Waals surface area contributed by atoms with Crippen LogP contribution in [-0.4, -0.2) is 42.2 Å². The predicted molar refractivity (Wildman–Crippen MR) is 120 cm³/mol. The molecule has 6 nitrogen and oxygen atoms in total. The molecule has 31 heavy (non-hydrogen) atoms. The molecule has 0 aliphatic carbocycles. The normalized spacial score (nSPS) is 21.1. The fourth-order valence-corrected chi connectivity index (χ4v) is 3.69. The molecule has 1 fully saturated rings. The van der Waals surface area contributed by atoms with Crippen LogP contribution in [-0.2, 0) is 27.4 Å². The Hall–Kier alpha value is -2.51. The molecule has 166 valence electrons. The fourth-order valence-electron chi connectivity index (χ4n) is 3.69. The quantitative estimate of drug-likeness (QED) is 0.603. The van der Waals surface area contributed by atoms with E-state index in [1.165, 1.54) is 6.92 Å². The molecule has 1 saturated heterocycles. The van der Waals surface area contributed by atoms with Crippen LogP contribution in [0.4, 0.5) is 0 Å². The third kappa shape index (κ3) is 6.74. The van der Waals surface area contributed by atoms with Gasteiger partial charge in [0.05, 0.1) is 18.8 Å². The highest BCUT2D eigenvalue weighted by molar-refractivity contribution is 5.72. The van der Waals surface area contributed by atoms with Crippen molar-refractivity contribution in [2.24, 2.45) is 0 Å². The Morgan fingerprint density at radius 1 is 1.13 bits per heavy atom. The average Bonchev–Trinajstić information content (AvgIpc) is 2.78. The zero-order valence-electron chi connectivity index (χ0n) is 18.3. The topological polar surface area (TPSA) is 71.0 Å². The van der Waals surface area contributed by atoms with Gasteiger partial charge in [-0.1, -0.05) is 54.6 Å². The zero-order chi connectivity index (χ0) is 22.2. The molecular weight excluding hydrogens is 392 g/mol. The number of carbonyl (C=O) groups excluding carboxylic acids is 1. The fraction of sp³-hybridized carbons (Fsp3) is 0.400. The second-order valence-electron chi connectivity index (χ2n) is 8.01. The van der Waals surface area contributed by atoms with E-state index in [1.54, 1.807) is 0 Å². The molecule has 1 aliphatic heterocycles. The van der Waals surface area contributed by atoms with E-state index in [4.69, 9.17) is 9.47 Å². The number of aliphatic hydroxyl groups excluding tert-OH is 1. The highest BCUT2D eigenvalue weighted by atomic mass is 16.7. The van der Waals surface area contributed by atoms with Crippen LogP contribution < -0.4 is 5.32 Å². The lowest BCUT2D eigenvalue weighted by atomic mass is 9.99. The van der Waals surface area contributed by atoms with E-state index in [0.29, 0.717) is 6.54 Å². The van der Waals surface area contributed by atoms with Crippen LogP contribution in [0.1, 0.15) is 48.0 Å². The smallest absolute Gasteiger partial charge is 0.217 e. The van der Waals surface area contributed by atoms with Gasteiger partial charge in [-0.25, -0.2) is 0 Å². The molecule has 2 aromatic carbocycles. The molecule has 0 unspecified atom stereocenters. The van der Waals surface area contributed by atoms with Crippen molar-refractivity contribution < 1.29 is 19.4 Å². The summed E-state index contributed by atoms with van der Waals surface area (Å²) < 4.78 is 12.7. The largest absolute Gasteiger partial charge is 0.392 e. The van der Waals surface area contributed by atoms with Gasteiger partial charge >= 0.3 is 0 Å². The SMILES string of the molecule is C=CCN(C)C[C@H]1C[C@@H](c2ccc(CO)cc2)O[C@@H](c2ccc(CNC(C)=O)cc2)O1. The summed E-state index contributed by atoms with van der Waals surface area (Å²) in [6.07, 6.45) is 2.05. The Kier molecular flexibility index (Phi) is 8.37. The summed E-state index contributed by atoms with van der Waals surface area (Å²) in [5.41, 5.74) is 3.92. The summed E-state index contributed by atoms with van der Waals surface area (Å²) in [5, 5.41) is 12.1. The Balaban J connectivity index is 1.77. The standard InChI is InChI=1S/C25H32N2O4/c1-4-13-27(3)16-23-14-24(21-9-7-20(17-28)8-10-21)31-25(30-23)22-11-5-19(6-12-22)15-26-18(2)29/h4-12,23-25,28H,1,13-17H2,2-3H3,(H,26,29)/t23-,24+,25+/m1/s1. The van der Waals surface area contributed by atoms with Gasteiger partial charge in [0.25, 0.3) is 0 Å². The van der Waals surface area contributed by atoms with Gasteiger partial charge in [-0.05, 0) is 23.7 Å². The first-order valence-corrected chi connectivity index (χ1v) is 10.6. The molecule has 0 saturated carbocycles. The molecule has 3 atom stereocenters. The van der Waals surface area contributed by atoms with Gasteiger partial charge in [-0.15, -0.1) is 6.58 Å². The van der Waals surface area contributed by atoms with Gasteiger partial charge in [-0.2, -0.15) is 0 Å². The Bertz CT molecular complexity index is 851. The van der Waals surface area contributed by atoms with Gasteiger partial charge in [-0.3, -0.25) is 4.79 Å². The van der Waals surface area contributed by atoms with Crippen molar-refractivity contribution in [3.8, 4) is 0 Å². The van der Waals surface area contributed by atoms with Gasteiger partial charge in [0.1, 0.15) is 0 Å². The van der Waals surface area contributed by atoms with Gasteiger partial charge in [0.15, 0.2) is 6.29 Å². The minimum absolute atomic E-state index is 0.00488. The van der Waals surface area contributed by atoms with Crippen molar-refractivity contribution in [3.05, 3.63) is 83.4 Å². The van der Waals surface area contributed by atoms with Crippen LogP contribution in [0.3, 0.4) is 0 Å². The van der Waals surface area contributed by atoms with Crippen molar-refractivity contribution >= 4 is 5.91 Å². The van der Waals surface area contributed by atoms with E-state index >= 15 is 0 Å². The Morgan fingerprint density at radius 3 is 2.39 bits per heavy atom. The van der Waals surface area contributed by atoms with E-state index in [0.717, 1.165) is 41.8 Å². The number of ether oxygens (including phenoxy) is 2. The van der Waals surface area contributed by atoms with Crippen LogP contribution in [0, 0.1) is 0 Å². The third-order valence-corrected chi connectivity index (χ3v) is 5.36. The van der Waals surface area contributed by atoms with Gasteiger partial charge < -0.3 is 24.8 Å². The number of hydrogen-bond acceptors (Lipinski definition) is 5. The molecule has 1 amide bonds. The molecule has 0 bridgehead atoms. The molecule has 6 heteroatoms. The first-order chi connectivity index (χ1) is 15.0. The average molecular weight is 425 g/mol. The van der Waals surface area contributed by atoms with E-state index in [1.807, 2.05) is 54.6 Å². The van der Waals surface area contributed by atoms with Crippen LogP contribution in [0.5, 0.6) is 0 Å². The monoisotopic (exact) mass is 424 g/mol. The second-order valence-corrected chi connectivity index (χ2v) is 8.01. The highest BCUT2D eigenvalue weighted by Crippen LogP contribution is 2.38. The highest BCUT2D eigenvalue weighted by Gasteiger charge is 2.32. The molecule has 1 aliphatic rings. The number of nitrogens with one attached hydrogen (secondary N) is 1. The van der Waals surface area contributed by atoms with Gasteiger partial charge in [0.2, 0.25) is 5.91 Å². The molecule has 1 heterocycles. The van der Waals surface area contributed by atoms with Crippen LogP contribution >= 0.6 is 0 Å². The zero-order valence-corrected chi connectivity index (χ0v) is 18.3. The number of nitrogens with zero attached hydrogens (tertiary/aromatic N) is 1. The van der Waals surface area contributed by atoms with Crippen molar-refractivity contribution in [1.82, 2.24) is 10.2 Å². The lowest BCUT2D eigenvalue weighted by molar-refractivity contribution is -0.252. The number of benzene rings is 2. The summed E-state index contributed by atoms with van der Waals surface area (Å²) in [5.74, 6) is -0.0513. The number of aliphatic hydroxyl groups is 1. The molecule has 0 aromatic heterocycles. The lowest BCUT2D eigenvalue weighted by Gasteiger charge is -2.37. The number of hydrogen-bond donors (Lipinski definition) is 2. The molecule has 0 spiro atoms. The molecule has 2 N–H and O–H groups in total. The van der Waals surface area contributed by atoms with Crippen molar-refractivity contribution in [1.29, 1.82) is 0 Å². The Labute approximate surface area is 184 Å². The van der Waals surface area contributed by atoms with Crippen LogP contribution in [0.2, 0.25) is 0 Å². The summed E-state index contributed by atoms with van der Waals surface area (Å²) in [6, 6.07) is 15.8. The summed E-state index contributed by atoms with van der Waals surface area (Å²) in [7, 11) is 2.05. The maximum absolute atomic E-state index is 11.1. The summed E-state index contributed by atoms with van der Waals surface area (Å²) >= 11 is 0. The summed E-state index contributed by atoms with van der Waals surface area (Å²) in [6.45, 7) is 7.41. The maximum atomic E-state index is 11.1. The molecule has 0 radical (unpaired) electrons. The minimum atomic E-state index is -0.479. The second kappa shape index (κ2) is 11.2. The number of amides is 1. The van der Waals surface area contributed by atoms with Crippen molar-refractivity contribution in [2.75, 3.05) is 20.1 Å². The molecule has 2 aromatic rings. The van der Waals surface area contributed by atoms with Crippen LogP contribution in [0.25, 0.3) is 0 Å². The summed E-state index contributed by atoms with van der Waals surface area (Å²) in [4.78, 5) is 13.3. The van der Waals surface area contributed by atoms with Crippen molar-refractivity contribution in [3.63, 3.8) is 0 Å². The lowest BCUT2D eigenvalue weighted by Crippen LogP contribution is -2.37. The third-order valence-electron chi connectivity index (χ3n) is 5.36. The van der Waals surface area contributed by atoms with Gasteiger partial charge in [0, 0.05) is 38.5 Å². The van der Waals surface area contributed by atoms with E-state index < -0.39 is 6.29 Å². The number of rotatable bonds is 9. The maximum Gasteiger partial charge on any atom is 0.217 e. The van der Waals surface area contributed by atoms with E-state index in [-0.39, 0.29) is 24.7 Å². The first-order valence-electron chi connectivity index (χ1n) is 10.6. The van der Waals surface area contributed by atoms with E-state index in [9.17, 15) is 9.90 Å².